The number of anilines is 1. The largest absolute Gasteiger partial charge is 0.298 e. The van der Waals surface area contributed by atoms with Gasteiger partial charge in [0.25, 0.3) is 5.91 Å². The van der Waals surface area contributed by atoms with Crippen molar-refractivity contribution in [2.45, 2.75) is 38.5 Å². The fourth-order valence-electron chi connectivity index (χ4n) is 3.69. The molecule has 3 aromatic rings. The van der Waals surface area contributed by atoms with Gasteiger partial charge in [-0.25, -0.2) is 13.4 Å². The van der Waals surface area contributed by atoms with Crippen LogP contribution in [0.3, 0.4) is 0 Å². The molecule has 1 fully saturated rings. The van der Waals surface area contributed by atoms with Crippen LogP contribution in [0.5, 0.6) is 0 Å². The zero-order valence-corrected chi connectivity index (χ0v) is 18.9. The molecule has 1 amide bonds. The van der Waals surface area contributed by atoms with E-state index >= 15 is 0 Å². The quantitative estimate of drug-likeness (QED) is 0.640. The first-order valence-corrected chi connectivity index (χ1v) is 12.3. The van der Waals surface area contributed by atoms with Gasteiger partial charge >= 0.3 is 0 Å². The first-order chi connectivity index (χ1) is 14.2. The molecule has 2 heterocycles. The third-order valence-electron chi connectivity index (χ3n) is 5.60. The monoisotopic (exact) mass is 443 g/mol. The summed E-state index contributed by atoms with van der Waals surface area (Å²) in [7, 11) is -3.53. The van der Waals surface area contributed by atoms with E-state index in [2.05, 4.69) is 23.3 Å². The Morgan fingerprint density at radius 1 is 1.17 bits per heavy atom. The van der Waals surface area contributed by atoms with Crippen molar-refractivity contribution in [2.75, 3.05) is 18.4 Å². The summed E-state index contributed by atoms with van der Waals surface area (Å²) < 4.78 is 28.3. The molecular weight excluding hydrogens is 418 g/mol. The molecule has 8 heteroatoms. The number of benzene rings is 2. The summed E-state index contributed by atoms with van der Waals surface area (Å²) in [4.78, 5) is 17.3. The summed E-state index contributed by atoms with van der Waals surface area (Å²) >= 11 is 1.42. The Morgan fingerprint density at radius 2 is 1.87 bits per heavy atom. The van der Waals surface area contributed by atoms with Crippen LogP contribution in [0.2, 0.25) is 0 Å². The number of aryl methyl sites for hydroxylation is 2. The molecule has 6 nitrogen and oxygen atoms in total. The maximum atomic E-state index is 12.9. The molecule has 1 aromatic heterocycles. The molecule has 0 bridgehead atoms. The smallest absolute Gasteiger partial charge is 0.257 e. The summed E-state index contributed by atoms with van der Waals surface area (Å²) in [6.45, 7) is 7.24. The highest BCUT2D eigenvalue weighted by atomic mass is 32.2. The molecule has 1 atom stereocenters. The number of sulfonamides is 1. The molecule has 1 N–H and O–H groups in total. The topological polar surface area (TPSA) is 79.4 Å². The highest BCUT2D eigenvalue weighted by Crippen LogP contribution is 2.29. The summed E-state index contributed by atoms with van der Waals surface area (Å²) in [6, 6.07) is 10.2. The Morgan fingerprint density at radius 3 is 2.57 bits per heavy atom. The lowest BCUT2D eigenvalue weighted by molar-refractivity contribution is 0.102. The van der Waals surface area contributed by atoms with Gasteiger partial charge in [-0.2, -0.15) is 4.31 Å². The second-order valence-electron chi connectivity index (χ2n) is 8.01. The molecule has 1 aliphatic heterocycles. The van der Waals surface area contributed by atoms with E-state index in [1.54, 1.807) is 16.4 Å². The van der Waals surface area contributed by atoms with Crippen molar-refractivity contribution in [3.8, 4) is 0 Å². The number of nitrogens with one attached hydrogen (secondary N) is 1. The van der Waals surface area contributed by atoms with Gasteiger partial charge in [0.1, 0.15) is 0 Å². The first kappa shape index (κ1) is 21.0. The van der Waals surface area contributed by atoms with E-state index in [1.165, 1.54) is 29.0 Å². The van der Waals surface area contributed by atoms with Crippen LogP contribution in [-0.2, 0) is 10.0 Å². The van der Waals surface area contributed by atoms with Gasteiger partial charge in [0, 0.05) is 18.7 Å². The van der Waals surface area contributed by atoms with E-state index in [1.807, 2.05) is 19.9 Å². The highest BCUT2D eigenvalue weighted by Gasteiger charge is 2.28. The summed E-state index contributed by atoms with van der Waals surface area (Å²) in [5, 5.41) is 3.35. The predicted octanol–water partition coefficient (Wildman–Crippen LogP) is 4.59. The van der Waals surface area contributed by atoms with Crippen LogP contribution < -0.4 is 5.32 Å². The number of piperidine rings is 1. The van der Waals surface area contributed by atoms with Gasteiger partial charge in [0.2, 0.25) is 10.0 Å². The van der Waals surface area contributed by atoms with E-state index < -0.39 is 10.0 Å². The average Bonchev–Trinajstić information content (AvgIpc) is 3.09. The Hall–Kier alpha value is -2.29. The number of aromatic nitrogens is 1. The third-order valence-corrected chi connectivity index (χ3v) is 8.41. The van der Waals surface area contributed by atoms with Gasteiger partial charge < -0.3 is 0 Å². The van der Waals surface area contributed by atoms with Gasteiger partial charge in [-0.15, -0.1) is 0 Å². The molecule has 1 saturated heterocycles. The lowest BCUT2D eigenvalue weighted by atomic mass is 10.0. The van der Waals surface area contributed by atoms with E-state index in [9.17, 15) is 13.2 Å². The van der Waals surface area contributed by atoms with Gasteiger partial charge in [-0.05, 0) is 80.1 Å². The van der Waals surface area contributed by atoms with Crippen LogP contribution in [0.15, 0.2) is 41.3 Å². The molecule has 2 aromatic carbocycles. The van der Waals surface area contributed by atoms with E-state index in [0.29, 0.717) is 29.7 Å². The number of rotatable bonds is 4. The van der Waals surface area contributed by atoms with Crippen molar-refractivity contribution < 1.29 is 13.2 Å². The SMILES string of the molecule is Cc1cc2nc(NC(=O)c3ccc(S(=O)(=O)N4CCC[C@H](C)C4)cc3)sc2cc1C. The minimum absolute atomic E-state index is 0.221. The molecule has 4 rings (SSSR count). The van der Waals surface area contributed by atoms with Crippen molar-refractivity contribution in [2.24, 2.45) is 5.92 Å². The Kier molecular flexibility index (Phi) is 5.65. The van der Waals surface area contributed by atoms with Crippen LogP contribution in [0, 0.1) is 19.8 Å². The molecule has 0 radical (unpaired) electrons. The number of carbonyl (C=O) groups is 1. The van der Waals surface area contributed by atoms with Gasteiger partial charge in [0.15, 0.2) is 5.13 Å². The zero-order chi connectivity index (χ0) is 21.5. The van der Waals surface area contributed by atoms with Gasteiger partial charge in [-0.1, -0.05) is 18.3 Å². The molecule has 1 aliphatic rings. The second-order valence-corrected chi connectivity index (χ2v) is 11.0. The minimum Gasteiger partial charge on any atom is -0.298 e. The maximum absolute atomic E-state index is 12.9. The Bertz CT molecular complexity index is 1160. The van der Waals surface area contributed by atoms with Crippen LogP contribution in [0.4, 0.5) is 5.13 Å². The molecule has 0 spiro atoms. The van der Waals surface area contributed by atoms with Crippen LogP contribution in [0.1, 0.15) is 41.3 Å². The van der Waals surface area contributed by atoms with Crippen molar-refractivity contribution in [1.29, 1.82) is 0 Å². The number of hydrogen-bond acceptors (Lipinski definition) is 5. The summed E-state index contributed by atoms with van der Waals surface area (Å²) in [5.74, 6) is 0.0537. The van der Waals surface area contributed by atoms with Crippen molar-refractivity contribution in [1.82, 2.24) is 9.29 Å². The van der Waals surface area contributed by atoms with Crippen LogP contribution in [0.25, 0.3) is 10.2 Å². The second kappa shape index (κ2) is 8.09. The summed E-state index contributed by atoms with van der Waals surface area (Å²) in [6.07, 6.45) is 1.93. The van der Waals surface area contributed by atoms with Gasteiger partial charge in [-0.3, -0.25) is 10.1 Å². The lowest BCUT2D eigenvalue weighted by Crippen LogP contribution is -2.39. The summed E-state index contributed by atoms with van der Waals surface area (Å²) in [5.41, 5.74) is 3.60. The van der Waals surface area contributed by atoms with Crippen molar-refractivity contribution in [3.63, 3.8) is 0 Å². The minimum atomic E-state index is -3.53. The number of nitrogens with zero attached hydrogens (tertiary/aromatic N) is 2. The molecule has 0 aliphatic carbocycles. The predicted molar refractivity (Wildman–Crippen MR) is 121 cm³/mol. The highest BCUT2D eigenvalue weighted by molar-refractivity contribution is 7.89. The molecule has 0 unspecified atom stereocenters. The molecule has 30 heavy (non-hydrogen) atoms. The van der Waals surface area contributed by atoms with E-state index in [4.69, 9.17) is 0 Å². The fourth-order valence-corrected chi connectivity index (χ4v) is 6.23. The zero-order valence-electron chi connectivity index (χ0n) is 17.3. The van der Waals surface area contributed by atoms with Crippen molar-refractivity contribution >= 4 is 42.6 Å². The number of amides is 1. The molecule has 0 saturated carbocycles. The Labute approximate surface area is 181 Å². The van der Waals surface area contributed by atoms with Crippen LogP contribution >= 0.6 is 11.3 Å². The van der Waals surface area contributed by atoms with E-state index in [-0.39, 0.29) is 10.8 Å². The lowest BCUT2D eigenvalue weighted by Gasteiger charge is -2.30. The fraction of sp³-hybridized carbons (Fsp3) is 0.364. The van der Waals surface area contributed by atoms with Crippen LogP contribution in [-0.4, -0.2) is 36.7 Å². The number of carbonyl (C=O) groups excluding carboxylic acids is 1. The van der Waals surface area contributed by atoms with E-state index in [0.717, 1.165) is 28.6 Å². The van der Waals surface area contributed by atoms with Gasteiger partial charge in [0.05, 0.1) is 15.1 Å². The average molecular weight is 444 g/mol. The number of thiazole rings is 1. The third kappa shape index (κ3) is 4.12. The number of fused-ring (bicyclic) bond motifs is 1. The first-order valence-electron chi connectivity index (χ1n) is 10.0. The Balaban J connectivity index is 1.50. The maximum Gasteiger partial charge on any atom is 0.257 e. The van der Waals surface area contributed by atoms with Crippen molar-refractivity contribution in [3.05, 3.63) is 53.1 Å². The standard InChI is InChI=1S/C22H25N3O3S2/c1-14-5-4-10-25(13-14)30(27,28)18-8-6-17(7-9-18)21(26)24-22-23-19-11-15(2)16(3)12-20(19)29-22/h6-9,11-12,14H,4-5,10,13H2,1-3H3,(H,23,24,26)/t14-/m0/s1. The molecule has 158 valence electrons. The number of hydrogen-bond donors (Lipinski definition) is 1. The molecular formula is C22H25N3O3S2. The normalized spacial score (nSPS) is 17.9.